The molecule has 1 atom stereocenters. The van der Waals surface area contributed by atoms with E-state index >= 15 is 0 Å². The van der Waals surface area contributed by atoms with Gasteiger partial charge in [0.1, 0.15) is 6.04 Å². The summed E-state index contributed by atoms with van der Waals surface area (Å²) in [6.07, 6.45) is 2.80. The molecule has 1 unspecified atom stereocenters. The van der Waals surface area contributed by atoms with Crippen LogP contribution in [0.1, 0.15) is 29.6 Å². The highest BCUT2D eigenvalue weighted by Crippen LogP contribution is 2.38. The first-order valence-electron chi connectivity index (χ1n) is 6.12. The number of hydrogen-bond acceptors (Lipinski definition) is 3. The molecule has 1 aromatic carbocycles. The van der Waals surface area contributed by atoms with E-state index < -0.39 is 5.97 Å². The van der Waals surface area contributed by atoms with E-state index in [2.05, 4.69) is 5.32 Å². The third kappa shape index (κ3) is 1.54. The Balaban J connectivity index is 2.15. The molecule has 0 spiro atoms. The molecule has 1 fully saturated rings. The number of hydrogen-bond donors (Lipinski definition) is 2. The Morgan fingerprint density at radius 3 is 3.00 bits per heavy atom. The van der Waals surface area contributed by atoms with Crippen molar-refractivity contribution in [1.29, 1.82) is 0 Å². The third-order valence-corrected chi connectivity index (χ3v) is 3.62. The first kappa shape index (κ1) is 11.1. The minimum Gasteiger partial charge on any atom is -0.478 e. The maximum Gasteiger partial charge on any atom is 0.337 e. The van der Waals surface area contributed by atoms with Gasteiger partial charge in [0.05, 0.1) is 16.9 Å². The maximum atomic E-state index is 12.0. The van der Waals surface area contributed by atoms with Crippen molar-refractivity contribution in [3.05, 3.63) is 23.8 Å². The lowest BCUT2D eigenvalue weighted by molar-refractivity contribution is -0.118. The Kier molecular flexibility index (Phi) is 2.47. The third-order valence-electron chi connectivity index (χ3n) is 3.62. The first-order valence-corrected chi connectivity index (χ1v) is 6.12. The second kappa shape index (κ2) is 4.01. The molecule has 2 heterocycles. The van der Waals surface area contributed by atoms with Gasteiger partial charge in [0.25, 0.3) is 0 Å². The van der Waals surface area contributed by atoms with Crippen LogP contribution in [0.5, 0.6) is 0 Å². The van der Waals surface area contributed by atoms with Gasteiger partial charge in [-0.1, -0.05) is 6.07 Å². The minimum absolute atomic E-state index is 0.0234. The van der Waals surface area contributed by atoms with E-state index in [9.17, 15) is 14.7 Å². The van der Waals surface area contributed by atoms with Crippen molar-refractivity contribution in [3.8, 4) is 0 Å². The highest BCUT2D eigenvalue weighted by atomic mass is 16.4. The number of rotatable bonds is 1. The van der Waals surface area contributed by atoms with Crippen LogP contribution in [0.15, 0.2) is 18.2 Å². The predicted octanol–water partition coefficient (Wildman–Crippen LogP) is 1.70. The van der Waals surface area contributed by atoms with E-state index in [0.29, 0.717) is 11.4 Å². The van der Waals surface area contributed by atoms with Gasteiger partial charge in [-0.3, -0.25) is 4.79 Å². The van der Waals surface area contributed by atoms with Crippen molar-refractivity contribution >= 4 is 23.3 Å². The molecule has 0 bridgehead atoms. The van der Waals surface area contributed by atoms with Gasteiger partial charge in [-0.15, -0.1) is 0 Å². The van der Waals surface area contributed by atoms with Crippen LogP contribution in [0.25, 0.3) is 0 Å². The van der Waals surface area contributed by atoms with Crippen molar-refractivity contribution in [2.75, 3.05) is 16.8 Å². The minimum atomic E-state index is -0.952. The van der Waals surface area contributed by atoms with Crippen LogP contribution >= 0.6 is 0 Å². The molecule has 3 rings (SSSR count). The highest BCUT2D eigenvalue weighted by Gasteiger charge is 2.36. The molecule has 1 saturated heterocycles. The zero-order valence-electron chi connectivity index (χ0n) is 9.85. The molecule has 0 aromatic heterocycles. The van der Waals surface area contributed by atoms with E-state index in [0.717, 1.165) is 25.8 Å². The van der Waals surface area contributed by atoms with E-state index in [1.54, 1.807) is 18.2 Å². The molecule has 1 aromatic rings. The van der Waals surface area contributed by atoms with E-state index in [1.807, 2.05) is 4.90 Å². The van der Waals surface area contributed by atoms with Gasteiger partial charge in [-0.2, -0.15) is 0 Å². The number of aromatic carboxylic acids is 1. The van der Waals surface area contributed by atoms with Crippen LogP contribution in [0.3, 0.4) is 0 Å². The number of piperidine rings is 1. The summed E-state index contributed by atoms with van der Waals surface area (Å²) in [7, 11) is 0. The van der Waals surface area contributed by atoms with Crippen LogP contribution in [0, 0.1) is 0 Å². The number of anilines is 2. The monoisotopic (exact) mass is 246 g/mol. The topological polar surface area (TPSA) is 69.6 Å². The first-order chi connectivity index (χ1) is 8.68. The second-order valence-corrected chi connectivity index (χ2v) is 4.70. The molecule has 2 aliphatic rings. The van der Waals surface area contributed by atoms with Crippen LogP contribution in [-0.4, -0.2) is 29.6 Å². The standard InChI is InChI=1S/C13H14N2O3/c16-12-10-6-1-2-7-15(10)11-8(13(17)18)4-3-5-9(11)14-12/h3-5,10H,1-2,6-7H2,(H,14,16)(H,17,18). The summed E-state index contributed by atoms with van der Waals surface area (Å²) in [5, 5.41) is 12.1. The lowest BCUT2D eigenvalue weighted by atomic mass is 9.95. The summed E-state index contributed by atoms with van der Waals surface area (Å²) >= 11 is 0. The van der Waals surface area contributed by atoms with Crippen molar-refractivity contribution in [2.45, 2.75) is 25.3 Å². The predicted molar refractivity (Wildman–Crippen MR) is 67.0 cm³/mol. The zero-order valence-corrected chi connectivity index (χ0v) is 9.85. The number of carbonyl (C=O) groups is 2. The average molecular weight is 246 g/mol. The second-order valence-electron chi connectivity index (χ2n) is 4.70. The van der Waals surface area contributed by atoms with E-state index in [4.69, 9.17) is 0 Å². The Bertz CT molecular complexity index is 527. The number of nitrogens with one attached hydrogen (secondary N) is 1. The van der Waals surface area contributed by atoms with E-state index in [1.165, 1.54) is 0 Å². The number of nitrogens with zero attached hydrogens (tertiary/aromatic N) is 1. The van der Waals surface area contributed by atoms with Gasteiger partial charge in [-0.05, 0) is 31.4 Å². The number of amides is 1. The lowest BCUT2D eigenvalue weighted by Crippen LogP contribution is -2.51. The molecule has 5 heteroatoms. The normalized spacial score (nSPS) is 21.9. The smallest absolute Gasteiger partial charge is 0.337 e. The molecule has 94 valence electrons. The number of carboxylic acids is 1. The Morgan fingerprint density at radius 2 is 2.22 bits per heavy atom. The quantitative estimate of drug-likeness (QED) is 0.791. The Labute approximate surface area is 104 Å². The van der Waals surface area contributed by atoms with Crippen LogP contribution < -0.4 is 10.2 Å². The summed E-state index contributed by atoms with van der Waals surface area (Å²) in [5.74, 6) is -0.975. The Hall–Kier alpha value is -2.04. The molecular formula is C13H14N2O3. The van der Waals surface area contributed by atoms with Crippen molar-refractivity contribution in [2.24, 2.45) is 0 Å². The largest absolute Gasteiger partial charge is 0.478 e. The number of benzene rings is 1. The zero-order chi connectivity index (χ0) is 12.7. The summed E-state index contributed by atoms with van der Waals surface area (Å²) in [6.45, 7) is 0.745. The van der Waals surface area contributed by atoms with E-state index in [-0.39, 0.29) is 17.5 Å². The molecule has 5 nitrogen and oxygen atoms in total. The van der Waals surface area contributed by atoms with Gasteiger partial charge >= 0.3 is 5.97 Å². The Morgan fingerprint density at radius 1 is 1.39 bits per heavy atom. The average Bonchev–Trinajstić information content (AvgIpc) is 2.38. The summed E-state index contributed by atoms with van der Waals surface area (Å²) in [6, 6.07) is 4.79. The van der Waals surface area contributed by atoms with Crippen molar-refractivity contribution < 1.29 is 14.7 Å². The molecule has 0 saturated carbocycles. The van der Waals surface area contributed by atoms with Crippen LogP contribution in [0.4, 0.5) is 11.4 Å². The maximum absolute atomic E-state index is 12.0. The van der Waals surface area contributed by atoms with Crippen LogP contribution in [0.2, 0.25) is 0 Å². The summed E-state index contributed by atoms with van der Waals surface area (Å²) in [4.78, 5) is 25.2. The van der Waals surface area contributed by atoms with Gasteiger partial charge in [-0.25, -0.2) is 4.79 Å². The van der Waals surface area contributed by atoms with Crippen molar-refractivity contribution in [3.63, 3.8) is 0 Å². The molecular weight excluding hydrogens is 232 g/mol. The van der Waals surface area contributed by atoms with Crippen molar-refractivity contribution in [1.82, 2.24) is 0 Å². The van der Waals surface area contributed by atoms with Gasteiger partial charge < -0.3 is 15.3 Å². The van der Waals surface area contributed by atoms with Gasteiger partial charge in [0, 0.05) is 6.54 Å². The molecule has 0 radical (unpaired) electrons. The summed E-state index contributed by atoms with van der Waals surface area (Å²) in [5.41, 5.74) is 1.53. The summed E-state index contributed by atoms with van der Waals surface area (Å²) < 4.78 is 0. The molecule has 0 aliphatic carbocycles. The fourth-order valence-corrected chi connectivity index (χ4v) is 2.81. The fraction of sp³-hybridized carbons (Fsp3) is 0.385. The SMILES string of the molecule is O=C(O)c1cccc2c1N1CCCCC1C(=O)N2. The van der Waals surface area contributed by atoms with Gasteiger partial charge in [0.15, 0.2) is 0 Å². The van der Waals surface area contributed by atoms with Gasteiger partial charge in [0.2, 0.25) is 5.91 Å². The molecule has 2 aliphatic heterocycles. The number of carbonyl (C=O) groups excluding carboxylic acids is 1. The fourth-order valence-electron chi connectivity index (χ4n) is 2.81. The highest BCUT2D eigenvalue weighted by molar-refractivity contribution is 6.08. The number of fused-ring (bicyclic) bond motifs is 3. The molecule has 2 N–H and O–H groups in total. The number of para-hydroxylation sites is 1. The van der Waals surface area contributed by atoms with Crippen LogP contribution in [-0.2, 0) is 4.79 Å². The molecule has 18 heavy (non-hydrogen) atoms. The molecule has 1 amide bonds. The lowest BCUT2D eigenvalue weighted by Gasteiger charge is -2.41. The number of carboxylic acid groups (broad SMARTS) is 1.